The zero-order valence-corrected chi connectivity index (χ0v) is 13.3. The van der Waals surface area contributed by atoms with E-state index in [4.69, 9.17) is 16.3 Å². The smallest absolute Gasteiger partial charge is 0.126 e. The Morgan fingerprint density at radius 3 is 2.63 bits per heavy atom. The highest BCUT2D eigenvalue weighted by Gasteiger charge is 2.14. The van der Waals surface area contributed by atoms with Crippen molar-refractivity contribution < 1.29 is 4.74 Å². The van der Waals surface area contributed by atoms with E-state index in [-0.39, 0.29) is 0 Å². The molecule has 0 aliphatic rings. The molecule has 0 radical (unpaired) electrons. The van der Waals surface area contributed by atoms with Crippen LogP contribution in [0.25, 0.3) is 0 Å². The first-order chi connectivity index (χ1) is 9.10. The van der Waals surface area contributed by atoms with E-state index in [1.54, 1.807) is 0 Å². The lowest BCUT2D eigenvalue weighted by atomic mass is 9.97. The Balaban J connectivity index is 3.03. The van der Waals surface area contributed by atoms with Crippen LogP contribution < -0.4 is 10.1 Å². The number of hydrogen-bond acceptors (Lipinski definition) is 2. The van der Waals surface area contributed by atoms with E-state index in [0.717, 1.165) is 43.2 Å². The Labute approximate surface area is 122 Å². The van der Waals surface area contributed by atoms with Crippen molar-refractivity contribution in [2.75, 3.05) is 20.2 Å². The highest BCUT2D eigenvalue weighted by molar-refractivity contribution is 6.30. The monoisotopic (exact) mass is 283 g/mol. The van der Waals surface area contributed by atoms with Gasteiger partial charge in [-0.25, -0.2) is 0 Å². The second-order valence-corrected chi connectivity index (χ2v) is 5.63. The van der Waals surface area contributed by atoms with Crippen molar-refractivity contribution in [1.82, 2.24) is 5.32 Å². The van der Waals surface area contributed by atoms with Crippen LogP contribution in [0.5, 0.6) is 5.75 Å². The van der Waals surface area contributed by atoms with Gasteiger partial charge in [0.25, 0.3) is 0 Å². The number of unbranched alkanes of at least 4 members (excludes halogenated alkanes) is 1. The minimum absolute atomic E-state index is 0.420. The molecule has 108 valence electrons. The predicted octanol–water partition coefficient (Wildman–Crippen LogP) is 4.40. The summed E-state index contributed by atoms with van der Waals surface area (Å²) in [5.74, 6) is 1.46. The number of halogens is 1. The summed E-state index contributed by atoms with van der Waals surface area (Å²) >= 11 is 6.23. The van der Waals surface area contributed by atoms with Crippen molar-refractivity contribution in [3.63, 3.8) is 0 Å². The van der Waals surface area contributed by atoms with Gasteiger partial charge in [0.05, 0.1) is 6.61 Å². The molecule has 0 aliphatic heterocycles. The van der Waals surface area contributed by atoms with Gasteiger partial charge in [0.1, 0.15) is 5.75 Å². The summed E-state index contributed by atoms with van der Waals surface area (Å²) < 4.78 is 6.04. The summed E-state index contributed by atoms with van der Waals surface area (Å²) in [6, 6.07) is 4.07. The Bertz CT molecular complexity index is 391. The van der Waals surface area contributed by atoms with Crippen molar-refractivity contribution in [1.29, 1.82) is 0 Å². The minimum Gasteiger partial charge on any atom is -0.493 e. The third kappa shape index (κ3) is 5.04. The lowest BCUT2D eigenvalue weighted by Crippen LogP contribution is -2.12. The van der Waals surface area contributed by atoms with E-state index in [1.165, 1.54) is 11.1 Å². The van der Waals surface area contributed by atoms with Crippen LogP contribution in [0, 0.1) is 0 Å². The van der Waals surface area contributed by atoms with Crippen LogP contribution in [-0.2, 0) is 6.42 Å². The molecule has 19 heavy (non-hydrogen) atoms. The van der Waals surface area contributed by atoms with Crippen LogP contribution in [0.2, 0.25) is 5.02 Å². The highest BCUT2D eigenvalue weighted by atomic mass is 35.5. The molecule has 0 bridgehead atoms. The highest BCUT2D eigenvalue weighted by Crippen LogP contribution is 2.34. The molecule has 0 saturated heterocycles. The average Bonchev–Trinajstić information content (AvgIpc) is 2.37. The molecule has 0 aliphatic carbocycles. The van der Waals surface area contributed by atoms with Crippen LogP contribution in [-0.4, -0.2) is 20.2 Å². The first kappa shape index (κ1) is 16.3. The summed E-state index contributed by atoms with van der Waals surface area (Å²) in [6.07, 6.45) is 3.18. The summed E-state index contributed by atoms with van der Waals surface area (Å²) in [6.45, 7) is 8.25. The molecule has 0 spiro atoms. The molecule has 2 nitrogen and oxygen atoms in total. The van der Waals surface area contributed by atoms with E-state index in [0.29, 0.717) is 5.92 Å². The molecular formula is C16H26ClNO. The van der Waals surface area contributed by atoms with Crippen molar-refractivity contribution in [3.05, 3.63) is 28.3 Å². The quantitative estimate of drug-likeness (QED) is 0.714. The Kier molecular flexibility index (Phi) is 7.25. The lowest BCUT2D eigenvalue weighted by Gasteiger charge is -2.19. The maximum Gasteiger partial charge on any atom is 0.126 e. The molecule has 0 aromatic heterocycles. The second kappa shape index (κ2) is 8.44. The fraction of sp³-hybridized carbons (Fsp3) is 0.625. The first-order valence-corrected chi connectivity index (χ1v) is 7.57. The van der Waals surface area contributed by atoms with Crippen LogP contribution in [0.4, 0.5) is 0 Å². The largest absolute Gasteiger partial charge is 0.493 e. The van der Waals surface area contributed by atoms with Gasteiger partial charge in [-0.1, -0.05) is 38.8 Å². The minimum atomic E-state index is 0.420. The number of rotatable bonds is 8. The molecule has 1 N–H and O–H groups in total. The second-order valence-electron chi connectivity index (χ2n) is 5.19. The zero-order chi connectivity index (χ0) is 14.3. The maximum absolute atomic E-state index is 6.23. The molecule has 3 heteroatoms. The van der Waals surface area contributed by atoms with Gasteiger partial charge in [-0.2, -0.15) is 0 Å². The van der Waals surface area contributed by atoms with Crippen molar-refractivity contribution in [3.8, 4) is 5.75 Å². The predicted molar refractivity (Wildman–Crippen MR) is 83.6 cm³/mol. The fourth-order valence-corrected chi connectivity index (χ4v) is 2.29. The number of ether oxygens (including phenoxy) is 1. The summed E-state index contributed by atoms with van der Waals surface area (Å²) in [5.41, 5.74) is 2.43. The fourth-order valence-electron chi connectivity index (χ4n) is 2.04. The van der Waals surface area contributed by atoms with Crippen molar-refractivity contribution in [2.24, 2.45) is 0 Å². The third-order valence-electron chi connectivity index (χ3n) is 3.17. The van der Waals surface area contributed by atoms with Crippen molar-refractivity contribution in [2.45, 2.75) is 46.0 Å². The van der Waals surface area contributed by atoms with Gasteiger partial charge in [0.2, 0.25) is 0 Å². The van der Waals surface area contributed by atoms with Gasteiger partial charge >= 0.3 is 0 Å². The molecule has 0 saturated carbocycles. The Morgan fingerprint density at radius 2 is 2.05 bits per heavy atom. The van der Waals surface area contributed by atoms with Gasteiger partial charge in [-0.05, 0) is 55.6 Å². The Hall–Kier alpha value is -0.730. The Morgan fingerprint density at radius 1 is 1.32 bits per heavy atom. The average molecular weight is 284 g/mol. The molecule has 0 fully saturated rings. The molecule has 1 rings (SSSR count). The number of hydrogen-bond donors (Lipinski definition) is 1. The van der Waals surface area contributed by atoms with E-state index >= 15 is 0 Å². The van der Waals surface area contributed by atoms with Gasteiger partial charge in [0, 0.05) is 5.02 Å². The van der Waals surface area contributed by atoms with Crippen LogP contribution in [0.1, 0.15) is 50.7 Å². The molecule has 1 aromatic rings. The van der Waals surface area contributed by atoms with Crippen LogP contribution in [0.3, 0.4) is 0 Å². The number of benzene rings is 1. The molecule has 1 aromatic carbocycles. The maximum atomic E-state index is 6.23. The normalized spacial score (nSPS) is 11.1. The SMILES string of the molecule is CCCCOc1c(CCNC)cc(Cl)cc1C(C)C. The molecule has 0 unspecified atom stereocenters. The van der Waals surface area contributed by atoms with Gasteiger partial charge in [-0.15, -0.1) is 0 Å². The lowest BCUT2D eigenvalue weighted by molar-refractivity contribution is 0.302. The van der Waals surface area contributed by atoms with Crippen LogP contribution in [0.15, 0.2) is 12.1 Å². The topological polar surface area (TPSA) is 21.3 Å². The van der Waals surface area contributed by atoms with Crippen LogP contribution >= 0.6 is 11.6 Å². The standard InChI is InChI=1S/C16H26ClNO/c1-5-6-9-19-16-13(7-8-18-4)10-14(17)11-15(16)12(2)3/h10-12,18H,5-9H2,1-4H3. The van der Waals surface area contributed by atoms with E-state index in [2.05, 4.69) is 26.1 Å². The van der Waals surface area contributed by atoms with E-state index in [1.807, 2.05) is 19.2 Å². The molecular weight excluding hydrogens is 258 g/mol. The van der Waals surface area contributed by atoms with Gasteiger partial charge < -0.3 is 10.1 Å². The van der Waals surface area contributed by atoms with E-state index in [9.17, 15) is 0 Å². The molecule has 0 amide bonds. The summed E-state index contributed by atoms with van der Waals surface area (Å²) in [7, 11) is 1.96. The number of nitrogens with one attached hydrogen (secondary N) is 1. The number of likely N-dealkylation sites (N-methyl/N-ethyl adjacent to an activating group) is 1. The first-order valence-electron chi connectivity index (χ1n) is 7.19. The molecule has 0 heterocycles. The van der Waals surface area contributed by atoms with Gasteiger partial charge in [0.15, 0.2) is 0 Å². The van der Waals surface area contributed by atoms with E-state index < -0.39 is 0 Å². The summed E-state index contributed by atoms with van der Waals surface area (Å²) in [4.78, 5) is 0. The third-order valence-corrected chi connectivity index (χ3v) is 3.39. The molecule has 0 atom stereocenters. The zero-order valence-electron chi connectivity index (χ0n) is 12.6. The summed E-state index contributed by atoms with van der Waals surface area (Å²) in [5, 5.41) is 3.98. The van der Waals surface area contributed by atoms with Crippen molar-refractivity contribution >= 4 is 11.6 Å². The van der Waals surface area contributed by atoms with Gasteiger partial charge in [-0.3, -0.25) is 0 Å².